The molecule has 0 radical (unpaired) electrons. The van der Waals surface area contributed by atoms with E-state index in [9.17, 15) is 0 Å². The first-order valence-electron chi connectivity index (χ1n) is 4.70. The molecular formula is C11H15N3. The van der Waals surface area contributed by atoms with Crippen molar-refractivity contribution in [1.82, 2.24) is 9.78 Å². The van der Waals surface area contributed by atoms with Crippen LogP contribution in [-0.2, 0) is 7.05 Å². The lowest BCUT2D eigenvalue weighted by atomic mass is 10.2. The number of rotatable bonds is 1. The fraction of sp³-hybridized carbons (Fsp3) is 0.364. The molecule has 0 aliphatic carbocycles. The van der Waals surface area contributed by atoms with Gasteiger partial charge in [0, 0.05) is 26.5 Å². The van der Waals surface area contributed by atoms with E-state index in [4.69, 9.17) is 0 Å². The van der Waals surface area contributed by atoms with Crippen LogP contribution in [0.15, 0.2) is 18.2 Å². The number of fused-ring (bicyclic) bond motifs is 1. The van der Waals surface area contributed by atoms with Crippen LogP contribution in [0.1, 0.15) is 5.56 Å². The average Bonchev–Trinajstić information content (AvgIpc) is 2.43. The van der Waals surface area contributed by atoms with Gasteiger partial charge in [0.1, 0.15) is 0 Å². The maximum absolute atomic E-state index is 4.47. The minimum atomic E-state index is 1.03. The molecule has 0 atom stereocenters. The zero-order valence-electron chi connectivity index (χ0n) is 9.07. The molecule has 74 valence electrons. The van der Waals surface area contributed by atoms with Crippen molar-refractivity contribution in [3.05, 3.63) is 23.8 Å². The van der Waals surface area contributed by atoms with E-state index in [2.05, 4.69) is 30.2 Å². The lowest BCUT2D eigenvalue weighted by Crippen LogP contribution is -2.09. The molecule has 1 aromatic carbocycles. The second kappa shape index (κ2) is 3.01. The van der Waals surface area contributed by atoms with Crippen molar-refractivity contribution in [2.75, 3.05) is 19.0 Å². The van der Waals surface area contributed by atoms with Crippen molar-refractivity contribution in [2.24, 2.45) is 7.05 Å². The summed E-state index contributed by atoms with van der Waals surface area (Å²) in [5, 5.41) is 5.69. The average molecular weight is 189 g/mol. The zero-order valence-corrected chi connectivity index (χ0v) is 9.07. The van der Waals surface area contributed by atoms with Gasteiger partial charge in [-0.2, -0.15) is 5.10 Å². The van der Waals surface area contributed by atoms with Crippen molar-refractivity contribution in [3.8, 4) is 0 Å². The Morgan fingerprint density at radius 1 is 1.29 bits per heavy atom. The van der Waals surface area contributed by atoms with Crippen molar-refractivity contribution in [3.63, 3.8) is 0 Å². The van der Waals surface area contributed by atoms with Crippen LogP contribution in [0.25, 0.3) is 10.9 Å². The number of hydrogen-bond donors (Lipinski definition) is 0. The summed E-state index contributed by atoms with van der Waals surface area (Å²) in [6, 6.07) is 6.41. The summed E-state index contributed by atoms with van der Waals surface area (Å²) in [4.78, 5) is 2.04. The Balaban J connectivity index is 2.79. The summed E-state index contributed by atoms with van der Waals surface area (Å²) in [5.41, 5.74) is 2.45. The van der Waals surface area contributed by atoms with E-state index in [1.165, 1.54) is 16.5 Å². The number of nitrogens with zero attached hydrogens (tertiary/aromatic N) is 3. The van der Waals surface area contributed by atoms with Gasteiger partial charge >= 0.3 is 0 Å². The number of hydrogen-bond acceptors (Lipinski definition) is 2. The topological polar surface area (TPSA) is 21.1 Å². The maximum Gasteiger partial charge on any atom is 0.158 e. The second-order valence-corrected chi connectivity index (χ2v) is 3.86. The molecule has 0 unspecified atom stereocenters. The SMILES string of the molecule is Cc1ccc2c(c1)c(N(C)C)nn2C. The van der Waals surface area contributed by atoms with E-state index in [0.29, 0.717) is 0 Å². The molecule has 0 saturated carbocycles. The lowest BCUT2D eigenvalue weighted by Gasteiger charge is -2.07. The highest BCUT2D eigenvalue weighted by Gasteiger charge is 2.09. The van der Waals surface area contributed by atoms with Crippen LogP contribution in [0.4, 0.5) is 5.82 Å². The molecule has 0 fully saturated rings. The molecule has 0 spiro atoms. The molecule has 0 N–H and O–H groups in total. The van der Waals surface area contributed by atoms with Crippen molar-refractivity contribution in [2.45, 2.75) is 6.92 Å². The number of benzene rings is 1. The number of aromatic nitrogens is 2. The Morgan fingerprint density at radius 2 is 2.00 bits per heavy atom. The van der Waals surface area contributed by atoms with E-state index < -0.39 is 0 Å². The molecule has 2 aromatic rings. The highest BCUT2D eigenvalue weighted by Crippen LogP contribution is 2.24. The van der Waals surface area contributed by atoms with Crippen LogP contribution in [0.2, 0.25) is 0 Å². The summed E-state index contributed by atoms with van der Waals surface area (Å²) in [5.74, 6) is 1.03. The summed E-state index contributed by atoms with van der Waals surface area (Å²) in [6.45, 7) is 2.10. The van der Waals surface area contributed by atoms with Gasteiger partial charge in [0.05, 0.1) is 5.52 Å². The predicted octanol–water partition coefficient (Wildman–Crippen LogP) is 1.95. The van der Waals surface area contributed by atoms with Crippen molar-refractivity contribution >= 4 is 16.7 Å². The standard InChI is InChI=1S/C11H15N3/c1-8-5-6-10-9(7-8)11(13(2)3)12-14(10)4/h5-7H,1-4H3. The van der Waals surface area contributed by atoms with E-state index in [1.807, 2.05) is 30.7 Å². The first-order valence-corrected chi connectivity index (χ1v) is 4.70. The second-order valence-electron chi connectivity index (χ2n) is 3.86. The van der Waals surface area contributed by atoms with Gasteiger partial charge in [0.2, 0.25) is 0 Å². The first kappa shape index (κ1) is 9.06. The molecule has 1 heterocycles. The van der Waals surface area contributed by atoms with Crippen LogP contribution in [0.3, 0.4) is 0 Å². The molecule has 1 aromatic heterocycles. The van der Waals surface area contributed by atoms with Crippen molar-refractivity contribution in [1.29, 1.82) is 0 Å². The summed E-state index contributed by atoms with van der Waals surface area (Å²) >= 11 is 0. The van der Waals surface area contributed by atoms with Gasteiger partial charge in [-0.1, -0.05) is 11.6 Å². The molecule has 0 aliphatic heterocycles. The Morgan fingerprint density at radius 3 is 2.64 bits per heavy atom. The highest BCUT2D eigenvalue weighted by atomic mass is 15.3. The molecule has 0 bridgehead atoms. The van der Waals surface area contributed by atoms with Crippen LogP contribution in [0.5, 0.6) is 0 Å². The number of anilines is 1. The van der Waals surface area contributed by atoms with Crippen LogP contribution in [-0.4, -0.2) is 23.9 Å². The number of aryl methyl sites for hydroxylation is 2. The lowest BCUT2D eigenvalue weighted by molar-refractivity contribution is 0.789. The fourth-order valence-corrected chi connectivity index (χ4v) is 1.69. The maximum atomic E-state index is 4.47. The van der Waals surface area contributed by atoms with E-state index >= 15 is 0 Å². The van der Waals surface area contributed by atoms with Crippen molar-refractivity contribution < 1.29 is 0 Å². The van der Waals surface area contributed by atoms with Gasteiger partial charge in [0.25, 0.3) is 0 Å². The summed E-state index contributed by atoms with van der Waals surface area (Å²) < 4.78 is 1.92. The molecular weight excluding hydrogens is 174 g/mol. The Hall–Kier alpha value is -1.51. The van der Waals surface area contributed by atoms with Gasteiger partial charge in [-0.05, 0) is 19.1 Å². The van der Waals surface area contributed by atoms with Gasteiger partial charge in [-0.3, -0.25) is 4.68 Å². The molecule has 0 saturated heterocycles. The summed E-state index contributed by atoms with van der Waals surface area (Å²) in [7, 11) is 6.01. The minimum absolute atomic E-state index is 1.03. The van der Waals surface area contributed by atoms with E-state index in [-0.39, 0.29) is 0 Å². The Labute approximate surface area is 83.9 Å². The largest absolute Gasteiger partial charge is 0.361 e. The predicted molar refractivity (Wildman–Crippen MR) is 59.8 cm³/mol. The fourth-order valence-electron chi connectivity index (χ4n) is 1.69. The Bertz CT molecular complexity index is 469. The molecule has 0 aliphatic rings. The molecule has 0 amide bonds. The normalized spacial score (nSPS) is 10.9. The Kier molecular flexibility index (Phi) is 1.95. The van der Waals surface area contributed by atoms with Gasteiger partial charge in [-0.15, -0.1) is 0 Å². The summed E-state index contributed by atoms with van der Waals surface area (Å²) in [6.07, 6.45) is 0. The first-order chi connectivity index (χ1) is 6.59. The van der Waals surface area contributed by atoms with Crippen LogP contribution >= 0.6 is 0 Å². The minimum Gasteiger partial charge on any atom is -0.361 e. The third kappa shape index (κ3) is 1.25. The molecule has 3 heteroatoms. The van der Waals surface area contributed by atoms with E-state index in [1.54, 1.807) is 0 Å². The monoisotopic (exact) mass is 189 g/mol. The van der Waals surface area contributed by atoms with Gasteiger partial charge in [0.15, 0.2) is 5.82 Å². The quantitative estimate of drug-likeness (QED) is 0.683. The molecule has 14 heavy (non-hydrogen) atoms. The third-order valence-electron chi connectivity index (χ3n) is 2.41. The third-order valence-corrected chi connectivity index (χ3v) is 2.41. The van der Waals surface area contributed by atoms with Gasteiger partial charge < -0.3 is 4.90 Å². The van der Waals surface area contributed by atoms with E-state index in [0.717, 1.165) is 5.82 Å². The smallest absolute Gasteiger partial charge is 0.158 e. The zero-order chi connectivity index (χ0) is 10.3. The van der Waals surface area contributed by atoms with Crippen LogP contribution < -0.4 is 4.90 Å². The van der Waals surface area contributed by atoms with Crippen LogP contribution in [0, 0.1) is 6.92 Å². The highest BCUT2D eigenvalue weighted by molar-refractivity contribution is 5.91. The molecule has 3 nitrogen and oxygen atoms in total. The van der Waals surface area contributed by atoms with Gasteiger partial charge in [-0.25, -0.2) is 0 Å². The molecule has 2 rings (SSSR count).